The lowest BCUT2D eigenvalue weighted by Crippen LogP contribution is -2.49. The third-order valence-electron chi connectivity index (χ3n) is 7.00. The number of aryl methyl sites for hydroxylation is 1. The molecule has 1 fully saturated rings. The Kier molecular flexibility index (Phi) is 7.76. The van der Waals surface area contributed by atoms with E-state index in [1.165, 1.54) is 16.8 Å². The zero-order valence-electron chi connectivity index (χ0n) is 20.2. The Labute approximate surface area is 207 Å². The molecular weight excluding hydrogens is 450 g/mol. The van der Waals surface area contributed by atoms with Gasteiger partial charge in [0.25, 0.3) is 0 Å². The number of carbonyl (C=O) groups excluding carboxylic acids is 2. The second-order valence-corrected chi connectivity index (χ2v) is 9.75. The molecule has 2 aliphatic heterocycles. The summed E-state index contributed by atoms with van der Waals surface area (Å²) in [6.45, 7) is 7.06. The zero-order chi connectivity index (χ0) is 24.2. The van der Waals surface area contributed by atoms with Crippen LogP contribution in [0.2, 0.25) is 5.02 Å². The van der Waals surface area contributed by atoms with Gasteiger partial charge in [0.2, 0.25) is 0 Å². The number of carbonyl (C=O) groups is 2. The van der Waals surface area contributed by atoms with Gasteiger partial charge < -0.3 is 20.4 Å². The van der Waals surface area contributed by atoms with Crippen LogP contribution < -0.4 is 15.5 Å². The Bertz CT molecular complexity index is 1050. The predicted molar refractivity (Wildman–Crippen MR) is 138 cm³/mol. The molecule has 8 heteroatoms. The van der Waals surface area contributed by atoms with Crippen molar-refractivity contribution < 1.29 is 9.59 Å². The first kappa shape index (κ1) is 24.5. The lowest BCUT2D eigenvalue weighted by atomic mass is 9.95. The van der Waals surface area contributed by atoms with Crippen molar-refractivity contribution >= 4 is 34.8 Å². The number of nitrogens with one attached hydrogen (secondary N) is 2. The van der Waals surface area contributed by atoms with Crippen molar-refractivity contribution in [1.29, 1.82) is 0 Å². The first-order valence-corrected chi connectivity index (χ1v) is 12.3. The van der Waals surface area contributed by atoms with Crippen molar-refractivity contribution in [3.63, 3.8) is 0 Å². The van der Waals surface area contributed by atoms with Crippen molar-refractivity contribution in [1.82, 2.24) is 15.1 Å². The van der Waals surface area contributed by atoms with Crippen molar-refractivity contribution in [2.45, 2.75) is 25.8 Å². The van der Waals surface area contributed by atoms with E-state index < -0.39 is 11.8 Å². The van der Waals surface area contributed by atoms with Gasteiger partial charge in [-0.25, -0.2) is 0 Å². The summed E-state index contributed by atoms with van der Waals surface area (Å²) in [5.74, 6) is -1.33. The van der Waals surface area contributed by atoms with Crippen LogP contribution in [0.4, 0.5) is 11.4 Å². The van der Waals surface area contributed by atoms with Crippen molar-refractivity contribution in [3.05, 3.63) is 58.1 Å². The fraction of sp³-hybridized carbons (Fsp3) is 0.462. The summed E-state index contributed by atoms with van der Waals surface area (Å²) in [6, 6.07) is 11.9. The molecule has 0 aromatic heterocycles. The molecule has 2 aromatic carbocycles. The number of nitrogens with zero attached hydrogens (tertiary/aromatic N) is 3. The summed E-state index contributed by atoms with van der Waals surface area (Å²) in [7, 11) is 4.26. The Morgan fingerprint density at radius 3 is 2.56 bits per heavy atom. The van der Waals surface area contributed by atoms with E-state index in [0.29, 0.717) is 17.3 Å². The number of benzene rings is 2. The highest BCUT2D eigenvalue weighted by atomic mass is 35.5. The Hall–Kier alpha value is -2.61. The molecule has 182 valence electrons. The van der Waals surface area contributed by atoms with Crippen LogP contribution in [0.25, 0.3) is 0 Å². The molecule has 0 saturated carbocycles. The van der Waals surface area contributed by atoms with Crippen molar-refractivity contribution in [3.8, 4) is 0 Å². The van der Waals surface area contributed by atoms with Gasteiger partial charge >= 0.3 is 11.8 Å². The van der Waals surface area contributed by atoms with Crippen LogP contribution >= 0.6 is 11.6 Å². The fourth-order valence-electron chi connectivity index (χ4n) is 4.80. The summed E-state index contributed by atoms with van der Waals surface area (Å²) in [4.78, 5) is 32.3. The Morgan fingerprint density at radius 1 is 1.03 bits per heavy atom. The minimum absolute atomic E-state index is 0.0101. The third kappa shape index (κ3) is 5.54. The van der Waals surface area contributed by atoms with Gasteiger partial charge in [-0.05, 0) is 61.7 Å². The lowest BCUT2D eigenvalue weighted by molar-refractivity contribution is -0.136. The minimum Gasteiger partial charge on any atom is -0.374 e. The summed E-state index contributed by atoms with van der Waals surface area (Å²) in [5, 5.41) is 6.11. The maximum Gasteiger partial charge on any atom is 0.313 e. The van der Waals surface area contributed by atoms with Gasteiger partial charge in [-0.2, -0.15) is 0 Å². The van der Waals surface area contributed by atoms with Crippen LogP contribution in [-0.2, 0) is 16.0 Å². The molecule has 1 saturated heterocycles. The molecule has 2 N–H and O–H groups in total. The first-order valence-electron chi connectivity index (χ1n) is 11.9. The van der Waals surface area contributed by atoms with Crippen molar-refractivity contribution in [2.24, 2.45) is 0 Å². The summed E-state index contributed by atoms with van der Waals surface area (Å²) in [6.07, 6.45) is 2.21. The highest BCUT2D eigenvalue weighted by Gasteiger charge is 2.27. The van der Waals surface area contributed by atoms with E-state index in [2.05, 4.69) is 57.6 Å². The smallest absolute Gasteiger partial charge is 0.313 e. The molecule has 0 bridgehead atoms. The van der Waals surface area contributed by atoms with Gasteiger partial charge in [0.05, 0.1) is 6.04 Å². The molecule has 2 aromatic rings. The normalized spacial score (nSPS) is 17.7. The molecule has 0 aliphatic carbocycles. The van der Waals surface area contributed by atoms with Crippen LogP contribution in [0.1, 0.15) is 29.2 Å². The van der Waals surface area contributed by atoms with E-state index in [0.717, 1.165) is 51.1 Å². The number of hydrogen-bond donors (Lipinski definition) is 2. The first-order chi connectivity index (χ1) is 16.3. The third-order valence-corrected chi connectivity index (χ3v) is 7.41. The summed E-state index contributed by atoms with van der Waals surface area (Å²) >= 11 is 6.14. The SMILES string of the molecule is Cc1c(Cl)cccc1NC(=O)C(=O)NC[C@H](c1ccc2c(c1)CCCN2C)N1CCN(C)CC1. The van der Waals surface area contributed by atoms with E-state index in [9.17, 15) is 9.59 Å². The van der Waals surface area contributed by atoms with Crippen molar-refractivity contribution in [2.75, 3.05) is 63.6 Å². The van der Waals surface area contributed by atoms with E-state index in [1.54, 1.807) is 18.2 Å². The second-order valence-electron chi connectivity index (χ2n) is 9.34. The molecule has 7 nitrogen and oxygen atoms in total. The fourth-order valence-corrected chi connectivity index (χ4v) is 4.97. The monoisotopic (exact) mass is 483 g/mol. The number of halogens is 1. The number of piperazine rings is 1. The van der Waals surface area contributed by atoms with E-state index in [4.69, 9.17) is 11.6 Å². The number of rotatable bonds is 5. The van der Waals surface area contributed by atoms with Gasteiger partial charge in [-0.1, -0.05) is 29.8 Å². The average Bonchev–Trinajstić information content (AvgIpc) is 2.83. The Balaban J connectivity index is 1.48. The van der Waals surface area contributed by atoms with Crippen LogP contribution in [0.3, 0.4) is 0 Å². The van der Waals surface area contributed by atoms with Gasteiger partial charge in [0.15, 0.2) is 0 Å². The summed E-state index contributed by atoms with van der Waals surface area (Å²) in [5.41, 5.74) is 5.10. The van der Waals surface area contributed by atoms with E-state index >= 15 is 0 Å². The highest BCUT2D eigenvalue weighted by molar-refractivity contribution is 6.40. The molecule has 1 atom stereocenters. The lowest BCUT2D eigenvalue weighted by Gasteiger charge is -2.39. The van der Waals surface area contributed by atoms with Crippen LogP contribution in [0.5, 0.6) is 0 Å². The molecule has 2 amide bonds. The topological polar surface area (TPSA) is 67.9 Å². The maximum atomic E-state index is 12.7. The summed E-state index contributed by atoms with van der Waals surface area (Å²) < 4.78 is 0. The molecule has 4 rings (SSSR count). The van der Waals surface area contributed by atoms with Gasteiger partial charge in [0.1, 0.15) is 0 Å². The average molecular weight is 484 g/mol. The van der Waals surface area contributed by atoms with Crippen LogP contribution in [-0.4, -0.2) is 75.0 Å². The van der Waals surface area contributed by atoms with Crippen LogP contribution in [0.15, 0.2) is 36.4 Å². The molecule has 2 aliphatic rings. The van der Waals surface area contributed by atoms with Gasteiger partial charge in [0, 0.05) is 62.7 Å². The number of hydrogen-bond acceptors (Lipinski definition) is 5. The van der Waals surface area contributed by atoms with E-state index in [1.807, 2.05) is 6.92 Å². The predicted octanol–water partition coefficient (Wildman–Crippen LogP) is 3.07. The van der Waals surface area contributed by atoms with Gasteiger partial charge in [-0.3, -0.25) is 14.5 Å². The molecule has 2 heterocycles. The maximum absolute atomic E-state index is 12.7. The Morgan fingerprint density at radius 2 is 1.79 bits per heavy atom. The molecule has 0 radical (unpaired) electrons. The minimum atomic E-state index is -0.686. The molecule has 0 spiro atoms. The molecular formula is C26H34ClN5O2. The number of fused-ring (bicyclic) bond motifs is 1. The number of likely N-dealkylation sites (N-methyl/N-ethyl adjacent to an activating group) is 1. The quantitative estimate of drug-likeness (QED) is 0.640. The van der Waals surface area contributed by atoms with E-state index in [-0.39, 0.29) is 6.04 Å². The van der Waals surface area contributed by atoms with Gasteiger partial charge in [-0.15, -0.1) is 0 Å². The number of amides is 2. The zero-order valence-corrected chi connectivity index (χ0v) is 21.0. The standard InChI is InChI=1S/C26H34ClN5O2/c1-18-21(27)7-4-8-22(18)29-26(34)25(33)28-17-24(32-14-12-30(2)13-15-32)20-9-10-23-19(16-20)6-5-11-31(23)3/h4,7-10,16,24H,5-6,11-15,17H2,1-3H3,(H,28,33)(H,29,34)/t24-/m1/s1. The molecule has 34 heavy (non-hydrogen) atoms. The van der Waals surface area contributed by atoms with Crippen LogP contribution in [0, 0.1) is 6.92 Å². The molecule has 0 unspecified atom stereocenters. The largest absolute Gasteiger partial charge is 0.374 e. The second kappa shape index (κ2) is 10.8. The highest BCUT2D eigenvalue weighted by Crippen LogP contribution is 2.31. The number of anilines is 2.